The minimum Gasteiger partial charge on any atom is -0.482 e. The van der Waals surface area contributed by atoms with Crippen LogP contribution in [-0.4, -0.2) is 35.4 Å². The molecule has 0 saturated heterocycles. The second-order valence-corrected chi connectivity index (χ2v) is 10.2. The lowest BCUT2D eigenvalue weighted by Gasteiger charge is -2.32. The zero-order valence-corrected chi connectivity index (χ0v) is 23.3. The number of amides is 2. The van der Waals surface area contributed by atoms with Crippen LogP contribution in [0.1, 0.15) is 31.4 Å². The van der Waals surface area contributed by atoms with Crippen LogP contribution in [0.3, 0.4) is 0 Å². The van der Waals surface area contributed by atoms with Crippen molar-refractivity contribution >= 4 is 50.9 Å². The van der Waals surface area contributed by atoms with Crippen LogP contribution in [0.25, 0.3) is 0 Å². The topological polar surface area (TPSA) is 58.6 Å². The third-order valence-corrected chi connectivity index (χ3v) is 6.97. The monoisotopic (exact) mass is 590 g/mol. The molecule has 5 nitrogen and oxygen atoms in total. The highest BCUT2D eigenvalue weighted by Gasteiger charge is 2.31. The standard InChI is InChI=1S/C28H29BrCl2N2O3/c1-3-19(2)32-28(35)25(15-20-9-5-4-6-10-20)33(17-21-11-7-8-12-23(21)30)27(34)18-36-26-14-13-22(29)16-24(26)31/h4-14,16,19,25H,3,15,17-18H2,1-2H3,(H,32,35)/t19-,25-/m0/s1. The first-order chi connectivity index (χ1) is 17.3. The molecule has 0 bridgehead atoms. The van der Waals surface area contributed by atoms with Gasteiger partial charge in [-0.3, -0.25) is 9.59 Å². The van der Waals surface area contributed by atoms with Crippen molar-refractivity contribution in [3.8, 4) is 5.75 Å². The average molecular weight is 592 g/mol. The molecule has 0 unspecified atom stereocenters. The molecule has 1 N–H and O–H groups in total. The van der Waals surface area contributed by atoms with Crippen LogP contribution in [0.15, 0.2) is 77.3 Å². The number of nitrogens with zero attached hydrogens (tertiary/aromatic N) is 1. The van der Waals surface area contributed by atoms with Crippen LogP contribution in [0, 0.1) is 0 Å². The highest BCUT2D eigenvalue weighted by atomic mass is 79.9. The van der Waals surface area contributed by atoms with Crippen LogP contribution < -0.4 is 10.1 Å². The number of carbonyl (C=O) groups excluding carboxylic acids is 2. The molecule has 190 valence electrons. The predicted molar refractivity (Wildman–Crippen MR) is 148 cm³/mol. The first kappa shape index (κ1) is 28.0. The van der Waals surface area contributed by atoms with Crippen LogP contribution in [0.2, 0.25) is 10.0 Å². The van der Waals surface area contributed by atoms with Gasteiger partial charge in [0, 0.05) is 28.5 Å². The molecule has 0 fully saturated rings. The zero-order valence-electron chi connectivity index (χ0n) is 20.2. The molecule has 8 heteroatoms. The molecule has 3 aromatic rings. The number of halogens is 3. The van der Waals surface area contributed by atoms with Crippen LogP contribution in [0.4, 0.5) is 0 Å². The maximum atomic E-state index is 13.6. The molecule has 0 radical (unpaired) electrons. The minimum atomic E-state index is -0.769. The van der Waals surface area contributed by atoms with Crippen molar-refractivity contribution in [2.45, 2.75) is 45.3 Å². The molecule has 2 amide bonds. The molecule has 36 heavy (non-hydrogen) atoms. The fourth-order valence-electron chi connectivity index (χ4n) is 3.62. The van der Waals surface area contributed by atoms with E-state index in [0.717, 1.165) is 22.0 Å². The Bertz CT molecular complexity index is 1180. The second-order valence-electron chi connectivity index (χ2n) is 8.50. The molecule has 0 aliphatic rings. The van der Waals surface area contributed by atoms with Gasteiger partial charge in [0.2, 0.25) is 5.91 Å². The lowest BCUT2D eigenvalue weighted by atomic mass is 10.0. The summed E-state index contributed by atoms with van der Waals surface area (Å²) in [6.45, 7) is 3.81. The van der Waals surface area contributed by atoms with E-state index in [4.69, 9.17) is 27.9 Å². The summed E-state index contributed by atoms with van der Waals surface area (Å²) in [6, 6.07) is 21.3. The van der Waals surface area contributed by atoms with Gasteiger partial charge in [0.1, 0.15) is 11.8 Å². The van der Waals surface area contributed by atoms with E-state index in [1.807, 2.05) is 62.4 Å². The van der Waals surface area contributed by atoms with E-state index in [1.165, 1.54) is 0 Å². The quantitative estimate of drug-likeness (QED) is 0.270. The Morgan fingerprint density at radius 1 is 1.00 bits per heavy atom. The van der Waals surface area contributed by atoms with Gasteiger partial charge >= 0.3 is 0 Å². The Labute approximate surface area is 230 Å². The van der Waals surface area contributed by atoms with Crippen molar-refractivity contribution in [1.82, 2.24) is 10.2 Å². The van der Waals surface area contributed by atoms with Crippen LogP contribution >= 0.6 is 39.1 Å². The third-order valence-electron chi connectivity index (χ3n) is 5.82. The van der Waals surface area contributed by atoms with Gasteiger partial charge < -0.3 is 15.0 Å². The van der Waals surface area contributed by atoms with Crippen molar-refractivity contribution in [2.75, 3.05) is 6.61 Å². The molecule has 2 atom stereocenters. The zero-order chi connectivity index (χ0) is 26.1. The molecule has 0 spiro atoms. The third kappa shape index (κ3) is 7.99. The lowest BCUT2D eigenvalue weighted by molar-refractivity contribution is -0.143. The molecule has 0 aliphatic carbocycles. The van der Waals surface area contributed by atoms with E-state index in [1.54, 1.807) is 29.2 Å². The summed E-state index contributed by atoms with van der Waals surface area (Å²) in [5, 5.41) is 3.94. The molecule has 0 heterocycles. The largest absolute Gasteiger partial charge is 0.482 e. The van der Waals surface area contributed by atoms with Crippen molar-refractivity contribution in [2.24, 2.45) is 0 Å². The molecular formula is C28H29BrCl2N2O3. The number of hydrogen-bond donors (Lipinski definition) is 1. The number of carbonyl (C=O) groups is 2. The maximum absolute atomic E-state index is 13.6. The van der Waals surface area contributed by atoms with Crippen molar-refractivity contribution in [3.63, 3.8) is 0 Å². The van der Waals surface area contributed by atoms with Crippen LogP contribution in [0.5, 0.6) is 5.75 Å². The lowest BCUT2D eigenvalue weighted by Crippen LogP contribution is -2.53. The molecule has 3 rings (SSSR count). The predicted octanol–water partition coefficient (Wildman–Crippen LogP) is 6.69. The summed E-state index contributed by atoms with van der Waals surface area (Å²) in [5.74, 6) is -0.195. The van der Waals surface area contributed by atoms with Gasteiger partial charge in [-0.1, -0.05) is 94.6 Å². The average Bonchev–Trinajstić information content (AvgIpc) is 2.87. The second kappa shape index (κ2) is 13.7. The fourth-order valence-corrected chi connectivity index (χ4v) is 4.54. The summed E-state index contributed by atoms with van der Waals surface area (Å²) in [7, 11) is 0. The van der Waals surface area contributed by atoms with E-state index in [0.29, 0.717) is 22.2 Å². The molecule has 0 aromatic heterocycles. The van der Waals surface area contributed by atoms with Gasteiger partial charge in [0.05, 0.1) is 5.02 Å². The molecule has 0 saturated carbocycles. The molecule has 0 aliphatic heterocycles. The number of nitrogens with one attached hydrogen (secondary N) is 1. The van der Waals surface area contributed by atoms with E-state index >= 15 is 0 Å². The van der Waals surface area contributed by atoms with Crippen molar-refractivity contribution < 1.29 is 14.3 Å². The summed E-state index contributed by atoms with van der Waals surface area (Å²) >= 11 is 16.1. The number of benzene rings is 3. The Morgan fingerprint density at radius 2 is 1.69 bits per heavy atom. The van der Waals surface area contributed by atoms with Gasteiger partial charge in [0.25, 0.3) is 5.91 Å². The minimum absolute atomic E-state index is 0.0362. The number of hydrogen-bond acceptors (Lipinski definition) is 3. The highest BCUT2D eigenvalue weighted by Crippen LogP contribution is 2.28. The summed E-state index contributed by atoms with van der Waals surface area (Å²) < 4.78 is 6.58. The fraction of sp³-hybridized carbons (Fsp3) is 0.286. The Balaban J connectivity index is 1.93. The molecular weight excluding hydrogens is 563 g/mol. The smallest absolute Gasteiger partial charge is 0.261 e. The van der Waals surface area contributed by atoms with Crippen molar-refractivity contribution in [1.29, 1.82) is 0 Å². The summed E-state index contributed by atoms with van der Waals surface area (Å²) in [6.07, 6.45) is 1.12. The van der Waals surface area contributed by atoms with Gasteiger partial charge in [0.15, 0.2) is 6.61 Å². The first-order valence-electron chi connectivity index (χ1n) is 11.7. The Hall–Kier alpha value is -2.54. The summed E-state index contributed by atoms with van der Waals surface area (Å²) in [5.41, 5.74) is 1.68. The van der Waals surface area contributed by atoms with Gasteiger partial charge in [-0.2, -0.15) is 0 Å². The van der Waals surface area contributed by atoms with Crippen LogP contribution in [-0.2, 0) is 22.6 Å². The first-order valence-corrected chi connectivity index (χ1v) is 13.3. The van der Waals surface area contributed by atoms with E-state index in [-0.39, 0.29) is 31.0 Å². The summed E-state index contributed by atoms with van der Waals surface area (Å²) in [4.78, 5) is 28.7. The van der Waals surface area contributed by atoms with E-state index in [2.05, 4.69) is 21.2 Å². The van der Waals surface area contributed by atoms with E-state index in [9.17, 15) is 9.59 Å². The van der Waals surface area contributed by atoms with Gasteiger partial charge in [-0.05, 0) is 48.7 Å². The highest BCUT2D eigenvalue weighted by molar-refractivity contribution is 9.10. The normalized spacial score (nSPS) is 12.5. The van der Waals surface area contributed by atoms with Gasteiger partial charge in [-0.25, -0.2) is 0 Å². The Kier molecular flexibility index (Phi) is 10.7. The SMILES string of the molecule is CC[C@H](C)NC(=O)[C@H](Cc1ccccc1)N(Cc1ccccc1Cl)C(=O)COc1ccc(Br)cc1Cl. The number of ether oxygens (including phenoxy) is 1. The Morgan fingerprint density at radius 3 is 2.36 bits per heavy atom. The number of rotatable bonds is 11. The van der Waals surface area contributed by atoms with Gasteiger partial charge in [-0.15, -0.1) is 0 Å². The van der Waals surface area contributed by atoms with E-state index < -0.39 is 6.04 Å². The van der Waals surface area contributed by atoms with Crippen molar-refractivity contribution in [3.05, 3.63) is 98.4 Å². The molecule has 3 aromatic carbocycles. The maximum Gasteiger partial charge on any atom is 0.261 e.